The monoisotopic (exact) mass is 343 g/mol. The van der Waals surface area contributed by atoms with Crippen LogP contribution in [-0.2, 0) is 6.42 Å². The molecule has 1 aromatic carbocycles. The number of aromatic nitrogens is 2. The number of hydrogen-bond donors (Lipinski definition) is 1. The van der Waals surface area contributed by atoms with E-state index in [0.29, 0.717) is 10.7 Å². The quantitative estimate of drug-likeness (QED) is 0.766. The Labute approximate surface area is 143 Å². The fourth-order valence-corrected chi connectivity index (χ4v) is 3.11. The highest BCUT2D eigenvalue weighted by Crippen LogP contribution is 2.24. The fraction of sp³-hybridized carbons (Fsp3) is 0.118. The first-order chi connectivity index (χ1) is 11.1. The first-order valence-corrected chi connectivity index (χ1v) is 8.22. The van der Waals surface area contributed by atoms with E-state index < -0.39 is 0 Å². The summed E-state index contributed by atoms with van der Waals surface area (Å²) in [7, 11) is 0. The van der Waals surface area contributed by atoms with Crippen LogP contribution in [0.2, 0.25) is 5.02 Å². The molecule has 0 fully saturated rings. The number of aryl methyl sites for hydroxylation is 1. The molecule has 0 saturated heterocycles. The van der Waals surface area contributed by atoms with Crippen LogP contribution in [-0.4, -0.2) is 15.9 Å². The van der Waals surface area contributed by atoms with E-state index in [0.717, 1.165) is 27.4 Å². The summed E-state index contributed by atoms with van der Waals surface area (Å²) in [5, 5.41) is 4.15. The number of carbonyl (C=O) groups excluding carboxylic acids is 1. The van der Waals surface area contributed by atoms with Gasteiger partial charge in [-0.2, -0.15) is 0 Å². The summed E-state index contributed by atoms with van der Waals surface area (Å²) in [5.41, 5.74) is 2.74. The lowest BCUT2D eigenvalue weighted by atomic mass is 10.1. The largest absolute Gasteiger partial charge is 0.298 e. The average Bonchev–Trinajstić information content (AvgIpc) is 2.99. The average molecular weight is 344 g/mol. The van der Waals surface area contributed by atoms with Gasteiger partial charge in [-0.15, -0.1) is 11.3 Å². The Morgan fingerprint density at radius 2 is 2.04 bits per heavy atom. The minimum Gasteiger partial charge on any atom is -0.298 e. The molecule has 1 N–H and O–H groups in total. The van der Waals surface area contributed by atoms with Crippen LogP contribution < -0.4 is 5.32 Å². The van der Waals surface area contributed by atoms with Gasteiger partial charge >= 0.3 is 0 Å². The number of pyridine rings is 1. The summed E-state index contributed by atoms with van der Waals surface area (Å²) < 4.78 is 0. The molecule has 0 aliphatic heterocycles. The molecule has 0 spiro atoms. The zero-order valence-electron chi connectivity index (χ0n) is 12.4. The molecular weight excluding hydrogens is 330 g/mol. The second-order valence-corrected chi connectivity index (χ2v) is 6.60. The van der Waals surface area contributed by atoms with Crippen molar-refractivity contribution in [1.82, 2.24) is 9.97 Å². The zero-order chi connectivity index (χ0) is 16.2. The number of halogens is 1. The maximum absolute atomic E-state index is 12.1. The first-order valence-electron chi connectivity index (χ1n) is 7.03. The summed E-state index contributed by atoms with van der Waals surface area (Å²) in [6, 6.07) is 9.35. The molecule has 0 radical (unpaired) electrons. The lowest BCUT2D eigenvalue weighted by molar-refractivity contribution is 0.102. The standard InChI is InChI=1S/C17H14ClN3OS/c1-11-2-3-12(9-15(11)18)8-14-10-20-17(23-14)21-16(22)13-4-6-19-7-5-13/h2-7,9-10H,8H2,1H3,(H,20,21,22). The molecule has 0 aliphatic rings. The van der Waals surface area contributed by atoms with E-state index in [1.807, 2.05) is 19.1 Å². The smallest absolute Gasteiger partial charge is 0.257 e. The Morgan fingerprint density at radius 1 is 1.26 bits per heavy atom. The molecule has 4 nitrogen and oxygen atoms in total. The highest BCUT2D eigenvalue weighted by atomic mass is 35.5. The molecule has 2 aromatic heterocycles. The van der Waals surface area contributed by atoms with Crippen molar-refractivity contribution in [2.24, 2.45) is 0 Å². The van der Waals surface area contributed by atoms with Crippen molar-refractivity contribution >= 4 is 34.0 Å². The molecule has 3 aromatic rings. The maximum atomic E-state index is 12.1. The molecule has 1 amide bonds. The van der Waals surface area contributed by atoms with Crippen LogP contribution in [0, 0.1) is 6.92 Å². The fourth-order valence-electron chi connectivity index (χ4n) is 2.07. The second-order valence-electron chi connectivity index (χ2n) is 5.08. The van der Waals surface area contributed by atoms with E-state index in [9.17, 15) is 4.79 Å². The van der Waals surface area contributed by atoms with Crippen LogP contribution in [0.15, 0.2) is 48.9 Å². The molecule has 3 rings (SSSR count). The number of rotatable bonds is 4. The zero-order valence-corrected chi connectivity index (χ0v) is 14.0. The van der Waals surface area contributed by atoms with Crippen LogP contribution in [0.1, 0.15) is 26.4 Å². The number of anilines is 1. The second kappa shape index (κ2) is 6.89. The molecule has 23 heavy (non-hydrogen) atoms. The van der Waals surface area contributed by atoms with E-state index in [-0.39, 0.29) is 5.91 Å². The summed E-state index contributed by atoms with van der Waals surface area (Å²) in [6.07, 6.45) is 5.69. The number of nitrogens with one attached hydrogen (secondary N) is 1. The van der Waals surface area contributed by atoms with Crippen molar-refractivity contribution in [3.63, 3.8) is 0 Å². The summed E-state index contributed by atoms with van der Waals surface area (Å²) in [4.78, 5) is 21.3. The number of thiazole rings is 1. The van der Waals surface area contributed by atoms with Crippen LogP contribution in [0.5, 0.6) is 0 Å². The van der Waals surface area contributed by atoms with Gasteiger partial charge in [-0.05, 0) is 36.2 Å². The first kappa shape index (κ1) is 15.6. The lowest BCUT2D eigenvalue weighted by Gasteiger charge is -2.02. The number of hydrogen-bond acceptors (Lipinski definition) is 4. The van der Waals surface area contributed by atoms with Crippen LogP contribution in [0.25, 0.3) is 0 Å². The topological polar surface area (TPSA) is 54.9 Å². The van der Waals surface area contributed by atoms with Crippen molar-refractivity contribution in [2.45, 2.75) is 13.3 Å². The highest BCUT2D eigenvalue weighted by molar-refractivity contribution is 7.15. The molecule has 2 heterocycles. The number of amides is 1. The van der Waals surface area contributed by atoms with Gasteiger partial charge in [-0.25, -0.2) is 4.98 Å². The van der Waals surface area contributed by atoms with Gasteiger partial charge in [0.05, 0.1) is 0 Å². The van der Waals surface area contributed by atoms with Gasteiger partial charge in [-0.3, -0.25) is 15.1 Å². The third-order valence-electron chi connectivity index (χ3n) is 3.33. The van der Waals surface area contributed by atoms with Crippen molar-refractivity contribution in [2.75, 3.05) is 5.32 Å². The van der Waals surface area contributed by atoms with Crippen molar-refractivity contribution in [3.05, 3.63) is 75.5 Å². The summed E-state index contributed by atoms with van der Waals surface area (Å²) in [6.45, 7) is 1.98. The molecule has 0 unspecified atom stereocenters. The van der Waals surface area contributed by atoms with Gasteiger partial charge in [0.25, 0.3) is 5.91 Å². The highest BCUT2D eigenvalue weighted by Gasteiger charge is 2.09. The molecule has 6 heteroatoms. The van der Waals surface area contributed by atoms with Gasteiger partial charge in [-0.1, -0.05) is 23.7 Å². The molecular formula is C17H14ClN3OS. The van der Waals surface area contributed by atoms with Crippen LogP contribution >= 0.6 is 22.9 Å². The van der Waals surface area contributed by atoms with E-state index in [1.165, 1.54) is 11.3 Å². The van der Waals surface area contributed by atoms with E-state index in [2.05, 4.69) is 21.4 Å². The number of nitrogens with zero attached hydrogens (tertiary/aromatic N) is 2. The number of carbonyl (C=O) groups is 1. The third kappa shape index (κ3) is 3.94. The van der Waals surface area contributed by atoms with Gasteiger partial charge in [0.15, 0.2) is 5.13 Å². The Morgan fingerprint density at radius 3 is 2.78 bits per heavy atom. The lowest BCUT2D eigenvalue weighted by Crippen LogP contribution is -2.11. The van der Waals surface area contributed by atoms with Gasteiger partial charge in [0, 0.05) is 40.5 Å². The molecule has 116 valence electrons. The molecule has 0 bridgehead atoms. The van der Waals surface area contributed by atoms with Crippen molar-refractivity contribution in [1.29, 1.82) is 0 Å². The Hall–Kier alpha value is -2.24. The van der Waals surface area contributed by atoms with Crippen LogP contribution in [0.4, 0.5) is 5.13 Å². The SMILES string of the molecule is Cc1ccc(Cc2cnc(NC(=O)c3ccncc3)s2)cc1Cl. The van der Waals surface area contributed by atoms with Crippen molar-refractivity contribution in [3.8, 4) is 0 Å². The van der Waals surface area contributed by atoms with E-state index in [4.69, 9.17) is 11.6 Å². The van der Waals surface area contributed by atoms with Crippen LogP contribution in [0.3, 0.4) is 0 Å². The third-order valence-corrected chi connectivity index (χ3v) is 4.65. The summed E-state index contributed by atoms with van der Waals surface area (Å²) in [5.74, 6) is -0.188. The minimum absolute atomic E-state index is 0.188. The predicted molar refractivity (Wildman–Crippen MR) is 93.3 cm³/mol. The maximum Gasteiger partial charge on any atom is 0.257 e. The molecule has 0 atom stereocenters. The Balaban J connectivity index is 1.68. The Kier molecular flexibility index (Phi) is 4.69. The summed E-state index contributed by atoms with van der Waals surface area (Å²) >= 11 is 7.61. The molecule has 0 saturated carbocycles. The van der Waals surface area contributed by atoms with E-state index in [1.54, 1.807) is 30.7 Å². The molecule has 0 aliphatic carbocycles. The van der Waals surface area contributed by atoms with Crippen molar-refractivity contribution < 1.29 is 4.79 Å². The van der Waals surface area contributed by atoms with Gasteiger partial charge < -0.3 is 0 Å². The minimum atomic E-state index is -0.188. The number of benzene rings is 1. The van der Waals surface area contributed by atoms with E-state index >= 15 is 0 Å². The predicted octanol–water partition coefficient (Wildman–Crippen LogP) is 4.34. The van der Waals surface area contributed by atoms with Gasteiger partial charge in [0.1, 0.15) is 0 Å². The van der Waals surface area contributed by atoms with Gasteiger partial charge in [0.2, 0.25) is 0 Å². The Bertz CT molecular complexity index is 833. The normalized spacial score (nSPS) is 10.5.